The first-order valence-electron chi connectivity index (χ1n) is 9.49. The highest BCUT2D eigenvalue weighted by molar-refractivity contribution is 7.20. The monoisotopic (exact) mass is 397 g/mol. The van der Waals surface area contributed by atoms with E-state index >= 15 is 0 Å². The van der Waals surface area contributed by atoms with Crippen LogP contribution in [0, 0.1) is 12.8 Å². The van der Waals surface area contributed by atoms with Gasteiger partial charge in [-0.2, -0.15) is 4.52 Å². The molecule has 1 aromatic carbocycles. The molecule has 4 rings (SSSR count). The van der Waals surface area contributed by atoms with Gasteiger partial charge in [-0.3, -0.25) is 9.59 Å². The highest BCUT2D eigenvalue weighted by atomic mass is 32.1. The molecule has 1 fully saturated rings. The molecule has 3 aromatic rings. The van der Waals surface area contributed by atoms with Crippen molar-refractivity contribution >= 4 is 27.3 Å². The minimum absolute atomic E-state index is 0.00835. The number of aryl methyl sites for hydroxylation is 1. The smallest absolute Gasteiger partial charge is 0.288 e. The zero-order valence-corrected chi connectivity index (χ0v) is 16.8. The largest absolute Gasteiger partial charge is 0.348 e. The van der Waals surface area contributed by atoms with Crippen LogP contribution in [-0.4, -0.2) is 33.6 Å². The lowest BCUT2D eigenvalue weighted by atomic mass is 10.0. The van der Waals surface area contributed by atoms with Crippen LogP contribution in [0.5, 0.6) is 0 Å². The maximum Gasteiger partial charge on any atom is 0.288 e. The fourth-order valence-electron chi connectivity index (χ4n) is 3.52. The maximum absolute atomic E-state index is 12.8. The van der Waals surface area contributed by atoms with Crippen LogP contribution >= 0.6 is 11.3 Å². The van der Waals surface area contributed by atoms with E-state index in [0.29, 0.717) is 17.4 Å². The molecule has 3 heterocycles. The Morgan fingerprint density at radius 1 is 1.39 bits per heavy atom. The average Bonchev–Trinajstić information content (AvgIpc) is 3.12. The van der Waals surface area contributed by atoms with Crippen LogP contribution in [-0.2, 0) is 6.54 Å². The Morgan fingerprint density at radius 3 is 3.04 bits per heavy atom. The lowest BCUT2D eigenvalue weighted by Crippen LogP contribution is -2.34. The Bertz CT molecular complexity index is 1070. The molecule has 7 nitrogen and oxygen atoms in total. The van der Waals surface area contributed by atoms with Gasteiger partial charge in [0.15, 0.2) is 0 Å². The molecule has 1 saturated heterocycles. The summed E-state index contributed by atoms with van der Waals surface area (Å²) in [5, 5.41) is 8.03. The topological polar surface area (TPSA) is 79.6 Å². The fraction of sp³-hybridized carbons (Fsp3) is 0.400. The number of fused-ring (bicyclic) bond motifs is 1. The lowest BCUT2D eigenvalue weighted by molar-refractivity contribution is 0.0948. The van der Waals surface area contributed by atoms with Gasteiger partial charge in [0.25, 0.3) is 11.5 Å². The lowest BCUT2D eigenvalue weighted by Gasteiger charge is -2.30. The number of hydrogen-bond donors (Lipinski definition) is 1. The van der Waals surface area contributed by atoms with E-state index in [1.807, 2.05) is 31.2 Å². The number of carbonyl (C=O) groups is 1. The van der Waals surface area contributed by atoms with Gasteiger partial charge < -0.3 is 10.2 Å². The molecule has 0 unspecified atom stereocenters. The minimum Gasteiger partial charge on any atom is -0.348 e. The van der Waals surface area contributed by atoms with Crippen LogP contribution in [0.3, 0.4) is 0 Å². The van der Waals surface area contributed by atoms with Crippen LogP contribution in [0.1, 0.15) is 41.3 Å². The molecule has 0 saturated carbocycles. The standard InChI is InChI=1S/C20H23N5O2S/c1-13-5-3-7-15(9-13)10-21-17(26)16-11-22-19-25(18(16)27)23-20(28-19)24-8-4-6-14(2)12-24/h3,5,7,9,11,14H,4,6,8,10,12H2,1-2H3,(H,21,26)/t14-/m0/s1. The molecular formula is C20H23N5O2S. The molecule has 1 aliphatic rings. The molecule has 2 aromatic heterocycles. The van der Waals surface area contributed by atoms with Crippen molar-refractivity contribution in [2.75, 3.05) is 18.0 Å². The molecule has 8 heteroatoms. The average molecular weight is 398 g/mol. The Hall–Kier alpha value is -2.74. The first kappa shape index (κ1) is 18.6. The molecule has 0 bridgehead atoms. The number of anilines is 1. The second-order valence-corrected chi connectivity index (χ2v) is 8.36. The van der Waals surface area contributed by atoms with Gasteiger partial charge >= 0.3 is 0 Å². The summed E-state index contributed by atoms with van der Waals surface area (Å²) in [6, 6.07) is 7.88. The number of piperidine rings is 1. The summed E-state index contributed by atoms with van der Waals surface area (Å²) in [6.45, 7) is 6.44. The van der Waals surface area contributed by atoms with Gasteiger partial charge in [0.1, 0.15) is 5.56 Å². The van der Waals surface area contributed by atoms with E-state index in [9.17, 15) is 9.59 Å². The minimum atomic E-state index is -0.436. The number of benzene rings is 1. The summed E-state index contributed by atoms with van der Waals surface area (Å²) in [6.07, 6.45) is 3.68. The van der Waals surface area contributed by atoms with Crippen LogP contribution in [0.4, 0.5) is 5.13 Å². The molecule has 146 valence electrons. The van der Waals surface area contributed by atoms with E-state index in [0.717, 1.165) is 35.8 Å². The zero-order valence-electron chi connectivity index (χ0n) is 16.0. The van der Waals surface area contributed by atoms with Crippen molar-refractivity contribution < 1.29 is 4.79 Å². The van der Waals surface area contributed by atoms with Gasteiger partial charge in [0, 0.05) is 25.8 Å². The number of carbonyl (C=O) groups excluding carboxylic acids is 1. The molecule has 1 atom stereocenters. The number of rotatable bonds is 4. The van der Waals surface area contributed by atoms with E-state index in [1.54, 1.807) is 0 Å². The molecule has 28 heavy (non-hydrogen) atoms. The van der Waals surface area contributed by atoms with E-state index in [-0.39, 0.29) is 5.56 Å². The number of hydrogen-bond acceptors (Lipinski definition) is 6. The van der Waals surface area contributed by atoms with Gasteiger partial charge in [0.05, 0.1) is 0 Å². The van der Waals surface area contributed by atoms with Crippen molar-refractivity contribution in [3.05, 3.63) is 57.5 Å². The van der Waals surface area contributed by atoms with Crippen molar-refractivity contribution in [3.63, 3.8) is 0 Å². The first-order chi connectivity index (χ1) is 13.5. The van der Waals surface area contributed by atoms with Gasteiger partial charge in [-0.15, -0.1) is 5.10 Å². The van der Waals surface area contributed by atoms with Crippen LogP contribution in [0.25, 0.3) is 4.96 Å². The zero-order chi connectivity index (χ0) is 19.7. The van der Waals surface area contributed by atoms with E-state index in [4.69, 9.17) is 0 Å². The van der Waals surface area contributed by atoms with Crippen molar-refractivity contribution in [1.82, 2.24) is 19.9 Å². The third-order valence-electron chi connectivity index (χ3n) is 4.98. The Balaban J connectivity index is 1.55. The SMILES string of the molecule is Cc1cccc(CNC(=O)c2cnc3sc(N4CCC[C@H](C)C4)nn3c2=O)c1. The Kier molecular flexibility index (Phi) is 5.13. The second-order valence-electron chi connectivity index (χ2n) is 7.42. The molecule has 0 radical (unpaired) electrons. The Morgan fingerprint density at radius 2 is 2.25 bits per heavy atom. The van der Waals surface area contributed by atoms with Crippen molar-refractivity contribution in [3.8, 4) is 0 Å². The number of nitrogens with zero attached hydrogens (tertiary/aromatic N) is 4. The van der Waals surface area contributed by atoms with E-state index in [2.05, 4.69) is 27.2 Å². The molecule has 1 N–H and O–H groups in total. The fourth-order valence-corrected chi connectivity index (χ4v) is 4.42. The summed E-state index contributed by atoms with van der Waals surface area (Å²) >= 11 is 1.39. The first-order valence-corrected chi connectivity index (χ1v) is 10.3. The van der Waals surface area contributed by atoms with Crippen LogP contribution in [0.15, 0.2) is 35.3 Å². The second kappa shape index (κ2) is 7.71. The van der Waals surface area contributed by atoms with Gasteiger partial charge in [-0.05, 0) is 31.2 Å². The van der Waals surface area contributed by atoms with Crippen LogP contribution < -0.4 is 15.8 Å². The van der Waals surface area contributed by atoms with Crippen molar-refractivity contribution in [1.29, 1.82) is 0 Å². The summed E-state index contributed by atoms with van der Waals surface area (Å²) in [5.74, 6) is 0.169. The third kappa shape index (κ3) is 3.77. The summed E-state index contributed by atoms with van der Waals surface area (Å²) in [5.41, 5.74) is 1.68. The van der Waals surface area contributed by atoms with Crippen LogP contribution in [0.2, 0.25) is 0 Å². The van der Waals surface area contributed by atoms with E-state index < -0.39 is 11.5 Å². The Labute approximate surface area is 167 Å². The normalized spacial score (nSPS) is 17.1. The van der Waals surface area contributed by atoms with Gasteiger partial charge in [-0.1, -0.05) is 48.1 Å². The van der Waals surface area contributed by atoms with Crippen molar-refractivity contribution in [2.24, 2.45) is 5.92 Å². The highest BCUT2D eigenvalue weighted by Gasteiger charge is 2.22. The number of nitrogens with one attached hydrogen (secondary N) is 1. The van der Waals surface area contributed by atoms with Crippen molar-refractivity contribution in [2.45, 2.75) is 33.2 Å². The molecule has 0 aliphatic carbocycles. The molecule has 1 aliphatic heterocycles. The molecule has 0 spiro atoms. The van der Waals surface area contributed by atoms with E-state index in [1.165, 1.54) is 28.5 Å². The summed E-state index contributed by atoms with van der Waals surface area (Å²) in [4.78, 5) is 32.3. The number of amides is 1. The quantitative estimate of drug-likeness (QED) is 0.732. The third-order valence-corrected chi connectivity index (χ3v) is 5.97. The summed E-state index contributed by atoms with van der Waals surface area (Å²) in [7, 11) is 0. The van der Waals surface area contributed by atoms with Gasteiger partial charge in [0.2, 0.25) is 10.1 Å². The predicted octanol–water partition coefficient (Wildman–Crippen LogP) is 2.63. The highest BCUT2D eigenvalue weighted by Crippen LogP contribution is 2.26. The molecular weight excluding hydrogens is 374 g/mol. The maximum atomic E-state index is 12.8. The van der Waals surface area contributed by atoms with Gasteiger partial charge in [-0.25, -0.2) is 4.98 Å². The predicted molar refractivity (Wildman–Crippen MR) is 110 cm³/mol. The number of aromatic nitrogens is 3. The summed E-state index contributed by atoms with van der Waals surface area (Å²) < 4.78 is 1.25. The molecule has 1 amide bonds.